The van der Waals surface area contributed by atoms with Crippen molar-refractivity contribution < 1.29 is 9.90 Å². The minimum absolute atomic E-state index is 0.613. The van der Waals surface area contributed by atoms with Gasteiger partial charge >= 0.3 is 5.97 Å². The Morgan fingerprint density at radius 2 is 2.00 bits per heavy atom. The number of aromatic nitrogens is 1. The third-order valence-corrected chi connectivity index (χ3v) is 4.44. The van der Waals surface area contributed by atoms with Crippen molar-refractivity contribution in [1.29, 1.82) is 0 Å². The molecule has 0 saturated carbocycles. The van der Waals surface area contributed by atoms with E-state index < -0.39 is 11.4 Å². The summed E-state index contributed by atoms with van der Waals surface area (Å²) >= 11 is 1.50. The molecule has 0 aliphatic rings. The molecule has 21 heavy (non-hydrogen) atoms. The van der Waals surface area contributed by atoms with E-state index in [2.05, 4.69) is 28.9 Å². The first-order valence-corrected chi connectivity index (χ1v) is 7.81. The second-order valence-corrected chi connectivity index (χ2v) is 6.28. The molecule has 0 aliphatic carbocycles. The van der Waals surface area contributed by atoms with Crippen molar-refractivity contribution in [3.05, 3.63) is 47.0 Å². The maximum absolute atomic E-state index is 11.3. The van der Waals surface area contributed by atoms with E-state index in [1.807, 2.05) is 23.6 Å². The molecule has 0 bridgehead atoms. The average Bonchev–Trinajstić information content (AvgIpc) is 2.96. The molecule has 0 atom stereocenters. The van der Waals surface area contributed by atoms with E-state index in [1.165, 1.54) is 16.9 Å². The number of benzene rings is 1. The minimum atomic E-state index is -0.957. The van der Waals surface area contributed by atoms with Crippen LogP contribution >= 0.6 is 11.3 Å². The molecule has 0 spiro atoms. The van der Waals surface area contributed by atoms with Crippen LogP contribution in [0.4, 0.5) is 5.13 Å². The molecular formula is C16H20N2O2S. The molecule has 1 aromatic carbocycles. The predicted molar refractivity (Wildman–Crippen MR) is 85.9 cm³/mol. The van der Waals surface area contributed by atoms with Gasteiger partial charge in [-0.05, 0) is 26.3 Å². The van der Waals surface area contributed by atoms with Gasteiger partial charge in [0.2, 0.25) is 0 Å². The lowest BCUT2D eigenvalue weighted by Crippen LogP contribution is -2.29. The number of carbonyl (C=O) groups is 1. The summed E-state index contributed by atoms with van der Waals surface area (Å²) < 4.78 is 0. The molecule has 0 unspecified atom stereocenters. The van der Waals surface area contributed by atoms with Gasteiger partial charge in [0.1, 0.15) is 5.41 Å². The van der Waals surface area contributed by atoms with Crippen LogP contribution in [0, 0.1) is 0 Å². The zero-order valence-electron chi connectivity index (χ0n) is 12.5. The van der Waals surface area contributed by atoms with Gasteiger partial charge in [0.05, 0.1) is 5.69 Å². The number of hydrogen-bond acceptors (Lipinski definition) is 4. The van der Waals surface area contributed by atoms with E-state index in [-0.39, 0.29) is 0 Å². The van der Waals surface area contributed by atoms with Crippen LogP contribution < -0.4 is 4.90 Å². The number of carboxylic acid groups (broad SMARTS) is 1. The number of hydrogen-bond donors (Lipinski definition) is 1. The lowest BCUT2D eigenvalue weighted by molar-refractivity contribution is -0.142. The number of aliphatic carboxylic acids is 1. The Balaban J connectivity index is 2.20. The van der Waals surface area contributed by atoms with Crippen LogP contribution in [0.3, 0.4) is 0 Å². The monoisotopic (exact) mass is 304 g/mol. The molecule has 112 valence electrons. The molecule has 0 fully saturated rings. The van der Waals surface area contributed by atoms with Crippen LogP contribution in [0.25, 0.3) is 0 Å². The molecular weight excluding hydrogens is 284 g/mol. The van der Waals surface area contributed by atoms with Crippen molar-refractivity contribution >= 4 is 22.4 Å². The molecule has 1 aromatic heterocycles. The number of carboxylic acids is 1. The highest BCUT2D eigenvalue weighted by Crippen LogP contribution is 2.29. The molecule has 2 aromatic rings. The van der Waals surface area contributed by atoms with E-state index in [4.69, 9.17) is 0 Å². The molecule has 1 N–H and O–H groups in total. The van der Waals surface area contributed by atoms with E-state index in [1.54, 1.807) is 13.8 Å². The Bertz CT molecular complexity index is 608. The summed E-state index contributed by atoms with van der Waals surface area (Å²) in [6, 6.07) is 10.2. The van der Waals surface area contributed by atoms with Gasteiger partial charge in [-0.15, -0.1) is 11.3 Å². The predicted octanol–water partition coefficient (Wildman–Crippen LogP) is 3.53. The van der Waals surface area contributed by atoms with E-state index in [0.29, 0.717) is 5.69 Å². The van der Waals surface area contributed by atoms with Gasteiger partial charge in [-0.3, -0.25) is 4.79 Å². The quantitative estimate of drug-likeness (QED) is 0.887. The lowest BCUT2D eigenvalue weighted by Gasteiger charge is -2.20. The van der Waals surface area contributed by atoms with E-state index in [0.717, 1.165) is 18.2 Å². The van der Waals surface area contributed by atoms with Crippen LogP contribution in [0.15, 0.2) is 35.7 Å². The van der Waals surface area contributed by atoms with Crippen LogP contribution in [-0.4, -0.2) is 22.6 Å². The second kappa shape index (κ2) is 6.26. The SMILES string of the molecule is CCN(Cc1ccccc1)c1nc(C(C)(C)C(=O)O)cs1. The maximum Gasteiger partial charge on any atom is 0.315 e. The Labute approximate surface area is 129 Å². The maximum atomic E-state index is 11.3. The highest BCUT2D eigenvalue weighted by atomic mass is 32.1. The first-order valence-electron chi connectivity index (χ1n) is 6.93. The first kappa shape index (κ1) is 15.5. The summed E-state index contributed by atoms with van der Waals surface area (Å²) in [5.41, 5.74) is 0.871. The Morgan fingerprint density at radius 1 is 1.33 bits per heavy atom. The molecule has 0 radical (unpaired) electrons. The lowest BCUT2D eigenvalue weighted by atomic mass is 9.90. The summed E-state index contributed by atoms with van der Waals surface area (Å²) in [4.78, 5) is 18.0. The van der Waals surface area contributed by atoms with Crippen molar-refractivity contribution in [3.63, 3.8) is 0 Å². The number of thiazole rings is 1. The standard InChI is InChI=1S/C16H20N2O2S/c1-4-18(10-12-8-6-5-7-9-12)15-17-13(11-21-15)16(2,3)14(19)20/h5-9,11H,4,10H2,1-3H3,(H,19,20). The fourth-order valence-electron chi connectivity index (χ4n) is 1.92. The molecule has 0 aliphatic heterocycles. The number of anilines is 1. The van der Waals surface area contributed by atoms with Crippen molar-refractivity contribution in [2.45, 2.75) is 32.7 Å². The van der Waals surface area contributed by atoms with Crippen molar-refractivity contribution in [2.24, 2.45) is 0 Å². The fraction of sp³-hybridized carbons (Fsp3) is 0.375. The van der Waals surface area contributed by atoms with Crippen molar-refractivity contribution in [3.8, 4) is 0 Å². The zero-order chi connectivity index (χ0) is 15.5. The summed E-state index contributed by atoms with van der Waals surface area (Å²) in [6.07, 6.45) is 0. The van der Waals surface area contributed by atoms with Gasteiger partial charge in [-0.25, -0.2) is 4.98 Å². The van der Waals surface area contributed by atoms with Crippen LogP contribution in [0.5, 0.6) is 0 Å². The van der Waals surface area contributed by atoms with Crippen LogP contribution in [0.1, 0.15) is 32.0 Å². The molecule has 0 saturated heterocycles. The highest BCUT2D eigenvalue weighted by molar-refractivity contribution is 7.13. The van der Waals surface area contributed by atoms with E-state index >= 15 is 0 Å². The van der Waals surface area contributed by atoms with Gasteiger partial charge < -0.3 is 10.0 Å². The number of nitrogens with zero attached hydrogens (tertiary/aromatic N) is 2. The van der Waals surface area contributed by atoms with Gasteiger partial charge in [0, 0.05) is 18.5 Å². The van der Waals surface area contributed by atoms with Gasteiger partial charge in [-0.2, -0.15) is 0 Å². The van der Waals surface area contributed by atoms with Gasteiger partial charge in [0.15, 0.2) is 5.13 Å². The average molecular weight is 304 g/mol. The third-order valence-electron chi connectivity index (χ3n) is 3.54. The summed E-state index contributed by atoms with van der Waals surface area (Å²) in [5, 5.41) is 12.0. The Kier molecular flexibility index (Phi) is 4.63. The van der Waals surface area contributed by atoms with Crippen LogP contribution in [-0.2, 0) is 16.8 Å². The molecule has 4 nitrogen and oxygen atoms in total. The highest BCUT2D eigenvalue weighted by Gasteiger charge is 2.32. The minimum Gasteiger partial charge on any atom is -0.481 e. The van der Waals surface area contributed by atoms with Crippen LogP contribution in [0.2, 0.25) is 0 Å². The molecule has 2 rings (SSSR count). The Hall–Kier alpha value is -1.88. The molecule has 1 heterocycles. The van der Waals surface area contributed by atoms with Gasteiger partial charge in [-0.1, -0.05) is 30.3 Å². The van der Waals surface area contributed by atoms with Crippen molar-refractivity contribution in [1.82, 2.24) is 4.98 Å². The Morgan fingerprint density at radius 3 is 2.57 bits per heavy atom. The van der Waals surface area contributed by atoms with Crippen molar-refractivity contribution in [2.75, 3.05) is 11.4 Å². The normalized spacial score (nSPS) is 11.4. The number of rotatable bonds is 6. The van der Waals surface area contributed by atoms with Gasteiger partial charge in [0.25, 0.3) is 0 Å². The summed E-state index contributed by atoms with van der Waals surface area (Å²) in [7, 11) is 0. The largest absolute Gasteiger partial charge is 0.481 e. The zero-order valence-corrected chi connectivity index (χ0v) is 13.4. The third kappa shape index (κ3) is 3.42. The summed E-state index contributed by atoms with van der Waals surface area (Å²) in [5.74, 6) is -0.856. The van der Waals surface area contributed by atoms with E-state index in [9.17, 15) is 9.90 Å². The first-order chi connectivity index (χ1) is 9.95. The fourth-order valence-corrected chi connectivity index (χ4v) is 2.98. The second-order valence-electron chi connectivity index (χ2n) is 5.45. The molecule has 0 amide bonds. The smallest absolute Gasteiger partial charge is 0.315 e. The molecule has 5 heteroatoms. The topological polar surface area (TPSA) is 53.4 Å². The summed E-state index contributed by atoms with van der Waals surface area (Å²) in [6.45, 7) is 7.04.